The second-order valence-corrected chi connectivity index (χ2v) is 9.06. The van der Waals surface area contributed by atoms with Gasteiger partial charge in [-0.3, -0.25) is 4.57 Å². The molecule has 0 aliphatic carbocycles. The van der Waals surface area contributed by atoms with Crippen molar-refractivity contribution in [3.05, 3.63) is 78.4 Å². The molecule has 5 rings (SSSR count). The minimum atomic E-state index is -1.22. The van der Waals surface area contributed by atoms with Crippen LogP contribution >= 0.6 is 0 Å². The van der Waals surface area contributed by atoms with E-state index < -0.39 is 31.1 Å². The van der Waals surface area contributed by atoms with Crippen LogP contribution < -0.4 is 15.8 Å². The second-order valence-electron chi connectivity index (χ2n) is 9.06. The number of nitrogens with two attached hydrogens (primary N) is 1. The Morgan fingerprint density at radius 1 is 1.00 bits per heavy atom. The average molecular weight is 505 g/mol. The molecule has 0 amide bonds. The Kier molecular flexibility index (Phi) is 7.68. The number of aliphatic hydroxyl groups is 3. The molecule has 9 nitrogen and oxygen atoms in total. The number of aromatic nitrogens is 2. The highest BCUT2D eigenvalue weighted by atomic mass is 16.6. The second kappa shape index (κ2) is 11.3. The number of imidazole rings is 1. The lowest BCUT2D eigenvalue weighted by molar-refractivity contribution is -0.0499. The monoisotopic (exact) mass is 504 g/mol. The molecule has 0 saturated carbocycles. The fraction of sp³-hybridized carbons (Fsp3) is 0.321. The van der Waals surface area contributed by atoms with Gasteiger partial charge in [-0.25, -0.2) is 4.98 Å². The van der Waals surface area contributed by atoms with Gasteiger partial charge in [0.25, 0.3) is 0 Å². The third kappa shape index (κ3) is 5.18. The molecule has 2 heterocycles. The zero-order chi connectivity index (χ0) is 25.8. The number of rotatable bonds is 10. The smallest absolute Gasteiger partial charge is 0.206 e. The molecule has 3 aromatic carbocycles. The summed E-state index contributed by atoms with van der Waals surface area (Å²) >= 11 is 0. The zero-order valence-corrected chi connectivity index (χ0v) is 20.4. The van der Waals surface area contributed by atoms with Gasteiger partial charge in [-0.05, 0) is 42.3 Å². The highest BCUT2D eigenvalue weighted by molar-refractivity contribution is 5.79. The van der Waals surface area contributed by atoms with E-state index in [1.165, 1.54) is 0 Å². The highest BCUT2D eigenvalue weighted by Gasteiger charge is 2.44. The van der Waals surface area contributed by atoms with E-state index in [0.717, 1.165) is 34.4 Å². The van der Waals surface area contributed by atoms with Crippen LogP contribution in [0.1, 0.15) is 18.2 Å². The quantitative estimate of drug-likeness (QED) is 0.208. The lowest BCUT2D eigenvalue weighted by Crippen LogP contribution is -2.33. The molecule has 1 aromatic heterocycles. The van der Waals surface area contributed by atoms with Crippen LogP contribution in [-0.4, -0.2) is 62.9 Å². The van der Waals surface area contributed by atoms with Crippen molar-refractivity contribution in [1.82, 2.24) is 9.55 Å². The number of para-hydroxylation sites is 2. The molecule has 194 valence electrons. The van der Waals surface area contributed by atoms with Crippen molar-refractivity contribution in [3.63, 3.8) is 0 Å². The molecule has 1 aliphatic heterocycles. The fourth-order valence-electron chi connectivity index (χ4n) is 4.62. The Bertz CT molecular complexity index is 1330. The number of nitrogens with zero attached hydrogens (tertiary/aromatic N) is 2. The van der Waals surface area contributed by atoms with E-state index in [1.54, 1.807) is 4.57 Å². The molecular weight excluding hydrogens is 472 g/mol. The van der Waals surface area contributed by atoms with Crippen LogP contribution in [-0.2, 0) is 11.3 Å². The van der Waals surface area contributed by atoms with Gasteiger partial charge in [0.05, 0.1) is 24.2 Å². The molecule has 9 heteroatoms. The molecule has 1 saturated heterocycles. The Morgan fingerprint density at radius 3 is 2.54 bits per heavy atom. The maximum atomic E-state index is 10.7. The normalized spacial score (nSPS) is 21.4. The molecule has 0 unspecified atom stereocenters. The van der Waals surface area contributed by atoms with Crippen LogP contribution in [0.4, 0.5) is 5.95 Å². The van der Waals surface area contributed by atoms with E-state index in [-0.39, 0.29) is 0 Å². The van der Waals surface area contributed by atoms with Crippen LogP contribution in [0.5, 0.6) is 5.75 Å². The predicted octanol–water partition coefficient (Wildman–Crippen LogP) is 2.65. The van der Waals surface area contributed by atoms with Gasteiger partial charge in [0.15, 0.2) is 6.23 Å². The molecule has 6 N–H and O–H groups in total. The van der Waals surface area contributed by atoms with Gasteiger partial charge < -0.3 is 35.8 Å². The number of fused-ring (bicyclic) bond motifs is 1. The maximum Gasteiger partial charge on any atom is 0.206 e. The van der Waals surface area contributed by atoms with E-state index in [4.69, 9.17) is 20.2 Å². The van der Waals surface area contributed by atoms with E-state index in [9.17, 15) is 15.3 Å². The molecule has 4 aromatic rings. The molecule has 1 fully saturated rings. The first-order valence-electron chi connectivity index (χ1n) is 12.4. The van der Waals surface area contributed by atoms with Crippen molar-refractivity contribution in [2.45, 2.75) is 37.5 Å². The summed E-state index contributed by atoms with van der Waals surface area (Å²) in [4.78, 5) is 4.70. The van der Waals surface area contributed by atoms with E-state index >= 15 is 0 Å². The maximum absolute atomic E-state index is 10.7. The van der Waals surface area contributed by atoms with Crippen molar-refractivity contribution in [1.29, 1.82) is 0 Å². The zero-order valence-electron chi connectivity index (χ0n) is 20.4. The van der Waals surface area contributed by atoms with Gasteiger partial charge >= 0.3 is 0 Å². The first-order valence-corrected chi connectivity index (χ1v) is 12.4. The SMILES string of the molecule is NCCCOc1cc(CNc2nc3ccccc3n2[C@@H]2O[C@H](CO)[C@@H](O)[C@H]2O)ccc1-c1ccccc1. The van der Waals surface area contributed by atoms with Crippen LogP contribution in [0.25, 0.3) is 22.2 Å². The summed E-state index contributed by atoms with van der Waals surface area (Å²) < 4.78 is 13.6. The predicted molar refractivity (Wildman–Crippen MR) is 141 cm³/mol. The van der Waals surface area contributed by atoms with E-state index in [2.05, 4.69) is 5.32 Å². The lowest BCUT2D eigenvalue weighted by Gasteiger charge is -2.20. The van der Waals surface area contributed by atoms with Crippen LogP contribution in [0.15, 0.2) is 72.8 Å². The van der Waals surface area contributed by atoms with Gasteiger partial charge in [-0.15, -0.1) is 0 Å². The summed E-state index contributed by atoms with van der Waals surface area (Å²) in [5.74, 6) is 1.25. The van der Waals surface area contributed by atoms with E-state index in [1.807, 2.05) is 72.8 Å². The third-order valence-electron chi connectivity index (χ3n) is 6.55. The van der Waals surface area contributed by atoms with Gasteiger partial charge in [0, 0.05) is 12.1 Å². The van der Waals surface area contributed by atoms with Gasteiger partial charge in [0.1, 0.15) is 24.1 Å². The molecule has 0 spiro atoms. The highest BCUT2D eigenvalue weighted by Crippen LogP contribution is 2.36. The number of anilines is 1. The Morgan fingerprint density at radius 2 is 1.78 bits per heavy atom. The molecule has 1 aliphatic rings. The molecule has 0 radical (unpaired) electrons. The first-order chi connectivity index (χ1) is 18.1. The van der Waals surface area contributed by atoms with Crippen molar-refractivity contribution < 1.29 is 24.8 Å². The van der Waals surface area contributed by atoms with Crippen LogP contribution in [0, 0.1) is 0 Å². The summed E-state index contributed by atoms with van der Waals surface area (Å²) in [6.45, 7) is 1.11. The van der Waals surface area contributed by atoms with Crippen molar-refractivity contribution in [2.75, 3.05) is 25.1 Å². The summed E-state index contributed by atoms with van der Waals surface area (Å²) in [6.07, 6.45) is -3.46. The minimum absolute atomic E-state index is 0.398. The summed E-state index contributed by atoms with van der Waals surface area (Å²) in [7, 11) is 0. The third-order valence-corrected chi connectivity index (χ3v) is 6.55. The molecule has 37 heavy (non-hydrogen) atoms. The Labute approximate surface area is 215 Å². The number of aliphatic hydroxyl groups excluding tert-OH is 3. The Balaban J connectivity index is 1.43. The summed E-state index contributed by atoms with van der Waals surface area (Å²) in [6, 6.07) is 23.7. The van der Waals surface area contributed by atoms with Crippen molar-refractivity contribution >= 4 is 17.0 Å². The van der Waals surface area contributed by atoms with Gasteiger partial charge in [-0.2, -0.15) is 0 Å². The van der Waals surface area contributed by atoms with Crippen LogP contribution in [0.2, 0.25) is 0 Å². The van der Waals surface area contributed by atoms with Crippen LogP contribution in [0.3, 0.4) is 0 Å². The minimum Gasteiger partial charge on any atom is -0.493 e. The summed E-state index contributed by atoms with van der Waals surface area (Å²) in [5.41, 5.74) is 10.2. The first kappa shape index (κ1) is 25.2. The van der Waals surface area contributed by atoms with E-state index in [0.29, 0.717) is 31.2 Å². The van der Waals surface area contributed by atoms with Crippen molar-refractivity contribution in [3.8, 4) is 16.9 Å². The molecule has 0 bridgehead atoms. The number of nitrogens with one attached hydrogen (secondary N) is 1. The largest absolute Gasteiger partial charge is 0.493 e. The summed E-state index contributed by atoms with van der Waals surface area (Å²) in [5, 5.41) is 33.9. The standard InChI is InChI=1S/C28H32N4O5/c29-13-6-14-36-23-15-18(11-12-20(23)19-7-2-1-3-8-19)16-30-28-31-21-9-4-5-10-22(21)32(28)27-26(35)25(34)24(17-33)37-27/h1-5,7-12,15,24-27,33-35H,6,13-14,16-17,29H2,(H,30,31)/t24-,25-,26-,27-/m1/s1. The van der Waals surface area contributed by atoms with Gasteiger partial charge in [0.2, 0.25) is 5.95 Å². The topological polar surface area (TPSA) is 135 Å². The van der Waals surface area contributed by atoms with Crippen molar-refractivity contribution in [2.24, 2.45) is 5.73 Å². The average Bonchev–Trinajstić information content (AvgIpc) is 3.44. The molecule has 4 atom stereocenters. The number of hydrogen-bond acceptors (Lipinski definition) is 8. The number of hydrogen-bond donors (Lipinski definition) is 5. The number of benzene rings is 3. The fourth-order valence-corrected chi connectivity index (χ4v) is 4.62. The van der Waals surface area contributed by atoms with Gasteiger partial charge in [-0.1, -0.05) is 54.6 Å². The lowest BCUT2D eigenvalue weighted by atomic mass is 10.0. The number of ether oxygens (including phenoxy) is 2. The Hall–Kier alpha value is -3.47. The molecular formula is C28H32N4O5.